The highest BCUT2D eigenvalue weighted by Crippen LogP contribution is 2.62. The first kappa shape index (κ1) is 11.7. The number of hydrogen-bond acceptors (Lipinski definition) is 2. The van der Waals surface area contributed by atoms with Crippen molar-refractivity contribution in [2.45, 2.75) is 53.0 Å². The molecular weight excluding hydrogens is 202 g/mol. The van der Waals surface area contributed by atoms with Crippen LogP contribution in [0.3, 0.4) is 0 Å². The average Bonchev–Trinajstić information content (AvgIpc) is 2.64. The molecule has 0 radical (unpaired) electrons. The molecule has 3 nitrogen and oxygen atoms in total. The standard InChI is InChI=1S/C13H23NO2/c1-5-16-11(15)14-10-12(2,3)9-6-7-13(10,4)8-9/h9-10H,5-8H2,1-4H3,(H,14,15). The molecule has 1 amide bonds. The minimum absolute atomic E-state index is 0.208. The molecule has 2 saturated carbocycles. The van der Waals surface area contributed by atoms with Gasteiger partial charge in [0.2, 0.25) is 0 Å². The van der Waals surface area contributed by atoms with Crippen molar-refractivity contribution in [3.63, 3.8) is 0 Å². The van der Waals surface area contributed by atoms with E-state index in [4.69, 9.17) is 4.74 Å². The van der Waals surface area contributed by atoms with Crippen LogP contribution < -0.4 is 5.32 Å². The van der Waals surface area contributed by atoms with Crippen LogP contribution in [0, 0.1) is 16.7 Å². The van der Waals surface area contributed by atoms with E-state index in [1.165, 1.54) is 19.3 Å². The van der Waals surface area contributed by atoms with Crippen molar-refractivity contribution >= 4 is 6.09 Å². The first-order chi connectivity index (χ1) is 7.40. The van der Waals surface area contributed by atoms with Crippen LogP contribution in [0.5, 0.6) is 0 Å². The molecule has 0 aromatic rings. The van der Waals surface area contributed by atoms with Gasteiger partial charge in [-0.2, -0.15) is 0 Å². The van der Waals surface area contributed by atoms with E-state index in [0.717, 1.165) is 5.92 Å². The topological polar surface area (TPSA) is 38.3 Å². The maximum absolute atomic E-state index is 11.6. The third kappa shape index (κ3) is 1.61. The number of amides is 1. The largest absolute Gasteiger partial charge is 0.450 e. The second-order valence-corrected chi connectivity index (χ2v) is 6.21. The van der Waals surface area contributed by atoms with E-state index in [1.807, 2.05) is 6.92 Å². The molecule has 1 N–H and O–H groups in total. The van der Waals surface area contributed by atoms with Crippen LogP contribution >= 0.6 is 0 Å². The number of carbonyl (C=O) groups excluding carboxylic acids is 1. The van der Waals surface area contributed by atoms with E-state index in [2.05, 4.69) is 26.1 Å². The summed E-state index contributed by atoms with van der Waals surface area (Å²) in [4.78, 5) is 11.6. The Morgan fingerprint density at radius 3 is 2.62 bits per heavy atom. The first-order valence-electron chi connectivity index (χ1n) is 6.33. The van der Waals surface area contributed by atoms with E-state index >= 15 is 0 Å². The summed E-state index contributed by atoms with van der Waals surface area (Å²) >= 11 is 0. The number of fused-ring (bicyclic) bond motifs is 2. The molecule has 0 aromatic heterocycles. The molecule has 2 aliphatic carbocycles. The van der Waals surface area contributed by atoms with Crippen LogP contribution in [0.2, 0.25) is 0 Å². The fraction of sp³-hybridized carbons (Fsp3) is 0.923. The van der Waals surface area contributed by atoms with Crippen LogP contribution in [-0.4, -0.2) is 18.7 Å². The van der Waals surface area contributed by atoms with Crippen molar-refractivity contribution < 1.29 is 9.53 Å². The highest BCUT2D eigenvalue weighted by atomic mass is 16.5. The highest BCUT2D eigenvalue weighted by Gasteiger charge is 2.59. The molecule has 3 heteroatoms. The van der Waals surface area contributed by atoms with E-state index in [-0.39, 0.29) is 23.0 Å². The first-order valence-corrected chi connectivity index (χ1v) is 6.33. The van der Waals surface area contributed by atoms with Crippen LogP contribution in [0.15, 0.2) is 0 Å². The van der Waals surface area contributed by atoms with E-state index < -0.39 is 0 Å². The molecule has 0 aromatic carbocycles. The normalized spacial score (nSPS) is 39.8. The van der Waals surface area contributed by atoms with Gasteiger partial charge >= 0.3 is 6.09 Å². The summed E-state index contributed by atoms with van der Waals surface area (Å²) in [5.41, 5.74) is 0.487. The number of ether oxygens (including phenoxy) is 1. The van der Waals surface area contributed by atoms with E-state index in [0.29, 0.717) is 6.61 Å². The van der Waals surface area contributed by atoms with Gasteiger partial charge in [-0.3, -0.25) is 0 Å². The highest BCUT2D eigenvalue weighted by molar-refractivity contribution is 5.68. The predicted molar refractivity (Wildman–Crippen MR) is 63.2 cm³/mol. The molecule has 0 aliphatic heterocycles. The van der Waals surface area contributed by atoms with Gasteiger partial charge in [-0.1, -0.05) is 20.8 Å². The SMILES string of the molecule is CCOC(=O)NC1C2(C)CCC(C2)C1(C)C. The minimum Gasteiger partial charge on any atom is -0.450 e. The quantitative estimate of drug-likeness (QED) is 0.784. The molecular formula is C13H23NO2. The van der Waals surface area contributed by atoms with E-state index in [9.17, 15) is 4.79 Å². The lowest BCUT2D eigenvalue weighted by Gasteiger charge is -2.42. The predicted octanol–water partition coefficient (Wildman–Crippen LogP) is 2.95. The molecule has 0 saturated heterocycles. The minimum atomic E-state index is -0.255. The average molecular weight is 225 g/mol. The van der Waals surface area contributed by atoms with Gasteiger partial charge in [-0.25, -0.2) is 4.79 Å². The maximum Gasteiger partial charge on any atom is 0.407 e. The Morgan fingerprint density at radius 2 is 2.12 bits per heavy atom. The maximum atomic E-state index is 11.6. The Bertz CT molecular complexity index is 296. The molecule has 0 heterocycles. The molecule has 2 fully saturated rings. The molecule has 2 bridgehead atoms. The van der Waals surface area contributed by atoms with Crippen molar-refractivity contribution in [2.24, 2.45) is 16.7 Å². The number of hydrogen-bond donors (Lipinski definition) is 1. The summed E-state index contributed by atoms with van der Waals surface area (Å²) in [6, 6.07) is 0.262. The Balaban J connectivity index is 2.11. The van der Waals surface area contributed by atoms with Crippen LogP contribution in [0.4, 0.5) is 4.79 Å². The molecule has 92 valence electrons. The second kappa shape index (κ2) is 3.64. The molecule has 3 unspecified atom stereocenters. The lowest BCUT2D eigenvalue weighted by Crippen LogP contribution is -2.52. The fourth-order valence-corrected chi connectivity index (χ4v) is 3.95. The van der Waals surface area contributed by atoms with Crippen molar-refractivity contribution in [3.8, 4) is 0 Å². The molecule has 16 heavy (non-hydrogen) atoms. The van der Waals surface area contributed by atoms with Gasteiger partial charge < -0.3 is 10.1 Å². The van der Waals surface area contributed by atoms with Gasteiger partial charge in [-0.05, 0) is 42.9 Å². The summed E-state index contributed by atoms with van der Waals surface area (Å²) in [5.74, 6) is 0.754. The van der Waals surface area contributed by atoms with Crippen LogP contribution in [0.25, 0.3) is 0 Å². The Labute approximate surface area is 97.9 Å². The third-order valence-electron chi connectivity index (χ3n) is 4.81. The third-order valence-corrected chi connectivity index (χ3v) is 4.81. The summed E-state index contributed by atoms with van der Waals surface area (Å²) < 4.78 is 5.00. The lowest BCUT2D eigenvalue weighted by atomic mass is 9.68. The van der Waals surface area contributed by atoms with Crippen molar-refractivity contribution in [1.29, 1.82) is 0 Å². The van der Waals surface area contributed by atoms with Crippen molar-refractivity contribution in [1.82, 2.24) is 5.32 Å². The summed E-state index contributed by atoms with van der Waals surface area (Å²) in [5, 5.41) is 3.08. The van der Waals surface area contributed by atoms with Gasteiger partial charge in [0.25, 0.3) is 0 Å². The Morgan fingerprint density at radius 1 is 1.44 bits per heavy atom. The number of nitrogens with one attached hydrogen (secondary N) is 1. The van der Waals surface area contributed by atoms with Gasteiger partial charge in [0, 0.05) is 6.04 Å². The zero-order valence-corrected chi connectivity index (χ0v) is 10.8. The fourth-order valence-electron chi connectivity index (χ4n) is 3.95. The zero-order chi connectivity index (χ0) is 12.0. The zero-order valence-electron chi connectivity index (χ0n) is 10.8. The smallest absolute Gasteiger partial charge is 0.407 e. The van der Waals surface area contributed by atoms with Gasteiger partial charge in [0.1, 0.15) is 0 Å². The van der Waals surface area contributed by atoms with Gasteiger partial charge in [0.15, 0.2) is 0 Å². The molecule has 0 spiro atoms. The van der Waals surface area contributed by atoms with E-state index in [1.54, 1.807) is 0 Å². The lowest BCUT2D eigenvalue weighted by molar-refractivity contribution is 0.0890. The monoisotopic (exact) mass is 225 g/mol. The summed E-state index contributed by atoms with van der Waals surface area (Å²) in [6.07, 6.45) is 3.54. The van der Waals surface area contributed by atoms with Gasteiger partial charge in [-0.15, -0.1) is 0 Å². The van der Waals surface area contributed by atoms with Crippen LogP contribution in [-0.2, 0) is 4.74 Å². The Kier molecular flexibility index (Phi) is 2.67. The van der Waals surface area contributed by atoms with Crippen molar-refractivity contribution in [3.05, 3.63) is 0 Å². The molecule has 3 atom stereocenters. The van der Waals surface area contributed by atoms with Crippen LogP contribution in [0.1, 0.15) is 47.0 Å². The summed E-state index contributed by atoms with van der Waals surface area (Å²) in [7, 11) is 0. The van der Waals surface area contributed by atoms with Crippen molar-refractivity contribution in [2.75, 3.05) is 6.61 Å². The second-order valence-electron chi connectivity index (χ2n) is 6.21. The van der Waals surface area contributed by atoms with Gasteiger partial charge in [0.05, 0.1) is 6.61 Å². The Hall–Kier alpha value is -0.730. The number of alkyl carbamates (subject to hydrolysis) is 1. The number of carbonyl (C=O) groups is 1. The molecule has 2 aliphatic rings. The summed E-state index contributed by atoms with van der Waals surface area (Å²) in [6.45, 7) is 9.14. The number of rotatable bonds is 2. The molecule has 2 rings (SSSR count).